The Morgan fingerprint density at radius 3 is 2.24 bits per heavy atom. The van der Waals surface area contributed by atoms with Gasteiger partial charge in [0.05, 0.1) is 0 Å². The van der Waals surface area contributed by atoms with Gasteiger partial charge in [0.1, 0.15) is 0 Å². The monoisotopic (exact) mass is 239 g/mol. The van der Waals surface area contributed by atoms with Crippen molar-refractivity contribution in [3.8, 4) is 0 Å². The zero-order valence-corrected chi connectivity index (χ0v) is 12.2. The van der Waals surface area contributed by atoms with E-state index < -0.39 is 0 Å². The smallest absolute Gasteiger partial charge is 0.246 e. The molecule has 0 spiro atoms. The van der Waals surface area contributed by atoms with E-state index in [1.54, 1.807) is 6.92 Å². The lowest BCUT2D eigenvalue weighted by molar-refractivity contribution is -0.117. The summed E-state index contributed by atoms with van der Waals surface area (Å²) in [5, 5.41) is 2.89. The molecule has 0 saturated heterocycles. The molecule has 1 unspecified atom stereocenters. The zero-order valence-electron chi connectivity index (χ0n) is 12.2. The molecule has 0 aromatic carbocycles. The normalized spacial score (nSPS) is 12.9. The number of hydrogen-bond acceptors (Lipinski definition) is 1. The van der Waals surface area contributed by atoms with Gasteiger partial charge < -0.3 is 5.32 Å². The Balaban J connectivity index is 3.83. The Bertz CT molecular complexity index is 243. The summed E-state index contributed by atoms with van der Waals surface area (Å²) in [6.45, 7) is 15.3. The summed E-state index contributed by atoms with van der Waals surface area (Å²) in [4.78, 5) is 11.3. The Hall–Kier alpha value is -0.790. The molecule has 0 fully saturated rings. The van der Waals surface area contributed by atoms with Gasteiger partial charge >= 0.3 is 0 Å². The number of carbonyl (C=O) groups excluding carboxylic acids is 1. The Kier molecular flexibility index (Phi) is 7.94. The molecule has 0 rings (SSSR count). The maximum Gasteiger partial charge on any atom is 0.246 e. The first-order chi connectivity index (χ1) is 7.84. The molecule has 1 N–H and O–H groups in total. The molecular weight excluding hydrogens is 210 g/mol. The average Bonchev–Trinajstić information content (AvgIpc) is 2.21. The molecule has 100 valence electrons. The number of carbonyl (C=O) groups is 1. The third-order valence-electron chi connectivity index (χ3n) is 3.14. The van der Waals surface area contributed by atoms with Crippen LogP contribution in [0.4, 0.5) is 0 Å². The predicted molar refractivity (Wildman–Crippen MR) is 74.8 cm³/mol. The first-order valence-corrected chi connectivity index (χ1v) is 6.78. The molecule has 17 heavy (non-hydrogen) atoms. The highest BCUT2D eigenvalue weighted by Gasteiger charge is 2.14. The van der Waals surface area contributed by atoms with Crippen molar-refractivity contribution in [3.05, 3.63) is 12.2 Å². The summed E-state index contributed by atoms with van der Waals surface area (Å²) in [6, 6.07) is 0. The van der Waals surface area contributed by atoms with Crippen LogP contribution in [-0.2, 0) is 4.79 Å². The highest BCUT2D eigenvalue weighted by Crippen LogP contribution is 2.24. The summed E-state index contributed by atoms with van der Waals surface area (Å²) in [7, 11) is 0. The molecule has 0 aliphatic rings. The number of amides is 1. The molecule has 1 atom stereocenters. The maximum atomic E-state index is 11.3. The zero-order chi connectivity index (χ0) is 13.4. The van der Waals surface area contributed by atoms with Crippen LogP contribution in [-0.4, -0.2) is 12.5 Å². The summed E-state index contributed by atoms with van der Waals surface area (Å²) in [5.41, 5.74) is 0.590. The van der Waals surface area contributed by atoms with Crippen molar-refractivity contribution in [2.75, 3.05) is 6.54 Å². The van der Waals surface area contributed by atoms with Gasteiger partial charge in [0.15, 0.2) is 0 Å². The largest absolute Gasteiger partial charge is 0.352 e. The number of rotatable bonds is 8. The van der Waals surface area contributed by atoms with Gasteiger partial charge in [0.25, 0.3) is 0 Å². The minimum absolute atomic E-state index is 0.0186. The van der Waals surface area contributed by atoms with E-state index in [-0.39, 0.29) is 5.91 Å². The highest BCUT2D eigenvalue weighted by molar-refractivity contribution is 5.91. The van der Waals surface area contributed by atoms with Gasteiger partial charge in [-0.15, -0.1) is 0 Å². The minimum Gasteiger partial charge on any atom is -0.352 e. The van der Waals surface area contributed by atoms with Crippen LogP contribution < -0.4 is 5.32 Å². The van der Waals surface area contributed by atoms with Crippen LogP contribution in [0.5, 0.6) is 0 Å². The second-order valence-corrected chi connectivity index (χ2v) is 5.81. The van der Waals surface area contributed by atoms with Crippen molar-refractivity contribution in [2.45, 2.75) is 53.9 Å². The van der Waals surface area contributed by atoms with Gasteiger partial charge in [-0.3, -0.25) is 4.79 Å². The molecule has 0 radical (unpaired) electrons. The third-order valence-corrected chi connectivity index (χ3v) is 3.14. The first kappa shape index (κ1) is 16.2. The molecule has 0 aliphatic carbocycles. The summed E-state index contributed by atoms with van der Waals surface area (Å²) in [5.74, 6) is 2.24. The number of nitrogens with one attached hydrogen (secondary N) is 1. The van der Waals surface area contributed by atoms with Crippen LogP contribution in [0.2, 0.25) is 0 Å². The fraction of sp³-hybridized carbons (Fsp3) is 0.800. The van der Waals surface area contributed by atoms with Crippen LogP contribution in [0.1, 0.15) is 53.9 Å². The van der Waals surface area contributed by atoms with E-state index in [1.807, 2.05) is 0 Å². The van der Waals surface area contributed by atoms with Crippen molar-refractivity contribution < 1.29 is 4.79 Å². The SMILES string of the molecule is C=C(C)C(=O)NCCCC(CC(C)C)C(C)C. The van der Waals surface area contributed by atoms with Gasteiger partial charge in [-0.05, 0) is 43.9 Å². The fourth-order valence-corrected chi connectivity index (χ4v) is 2.05. The van der Waals surface area contributed by atoms with Crippen LogP contribution >= 0.6 is 0 Å². The molecule has 2 heteroatoms. The lowest BCUT2D eigenvalue weighted by Gasteiger charge is -2.22. The quantitative estimate of drug-likeness (QED) is 0.507. The van der Waals surface area contributed by atoms with Gasteiger partial charge in [-0.2, -0.15) is 0 Å². The van der Waals surface area contributed by atoms with Gasteiger partial charge in [-0.25, -0.2) is 0 Å². The summed E-state index contributed by atoms with van der Waals surface area (Å²) >= 11 is 0. The molecule has 0 aliphatic heterocycles. The van der Waals surface area contributed by atoms with E-state index in [0.29, 0.717) is 5.57 Å². The standard InChI is InChI=1S/C15H29NO/c1-11(2)10-14(12(3)4)8-7-9-16-15(17)13(5)6/h11-12,14H,5,7-10H2,1-4,6H3,(H,16,17). The molecule has 0 aromatic heterocycles. The van der Waals surface area contributed by atoms with Crippen LogP contribution in [0, 0.1) is 17.8 Å². The van der Waals surface area contributed by atoms with E-state index in [9.17, 15) is 4.79 Å². The van der Waals surface area contributed by atoms with Crippen molar-refractivity contribution in [3.63, 3.8) is 0 Å². The third kappa shape index (κ3) is 8.00. The van der Waals surface area contributed by atoms with E-state index in [2.05, 4.69) is 39.6 Å². The lowest BCUT2D eigenvalue weighted by Crippen LogP contribution is -2.25. The second kappa shape index (κ2) is 8.32. The fourth-order valence-electron chi connectivity index (χ4n) is 2.05. The Morgan fingerprint density at radius 1 is 1.24 bits per heavy atom. The molecule has 0 bridgehead atoms. The molecule has 0 saturated carbocycles. The van der Waals surface area contributed by atoms with E-state index in [1.165, 1.54) is 12.8 Å². The predicted octanol–water partition coefficient (Wildman–Crippen LogP) is 3.78. The summed E-state index contributed by atoms with van der Waals surface area (Å²) in [6.07, 6.45) is 3.55. The molecule has 2 nitrogen and oxygen atoms in total. The highest BCUT2D eigenvalue weighted by atomic mass is 16.1. The van der Waals surface area contributed by atoms with Crippen LogP contribution in [0.3, 0.4) is 0 Å². The average molecular weight is 239 g/mol. The lowest BCUT2D eigenvalue weighted by atomic mass is 9.84. The number of hydrogen-bond donors (Lipinski definition) is 1. The minimum atomic E-state index is -0.0186. The summed E-state index contributed by atoms with van der Waals surface area (Å²) < 4.78 is 0. The second-order valence-electron chi connectivity index (χ2n) is 5.81. The molecular formula is C15H29NO. The van der Waals surface area contributed by atoms with E-state index >= 15 is 0 Å². The molecule has 1 amide bonds. The van der Waals surface area contributed by atoms with Crippen molar-refractivity contribution in [1.29, 1.82) is 0 Å². The van der Waals surface area contributed by atoms with Crippen LogP contribution in [0.25, 0.3) is 0 Å². The van der Waals surface area contributed by atoms with Gasteiger partial charge in [-0.1, -0.05) is 34.3 Å². The van der Waals surface area contributed by atoms with Crippen molar-refractivity contribution in [2.24, 2.45) is 17.8 Å². The van der Waals surface area contributed by atoms with Crippen LogP contribution in [0.15, 0.2) is 12.2 Å². The Morgan fingerprint density at radius 2 is 1.82 bits per heavy atom. The topological polar surface area (TPSA) is 29.1 Å². The molecule has 0 heterocycles. The van der Waals surface area contributed by atoms with Gasteiger partial charge in [0.2, 0.25) is 5.91 Å². The maximum absolute atomic E-state index is 11.3. The van der Waals surface area contributed by atoms with Crippen molar-refractivity contribution >= 4 is 5.91 Å². The Labute approximate surface area is 107 Å². The van der Waals surface area contributed by atoms with Crippen molar-refractivity contribution in [1.82, 2.24) is 5.32 Å². The van der Waals surface area contributed by atoms with Gasteiger partial charge in [0, 0.05) is 12.1 Å². The van der Waals surface area contributed by atoms with E-state index in [4.69, 9.17) is 0 Å². The van der Waals surface area contributed by atoms with E-state index in [0.717, 1.165) is 30.7 Å². The first-order valence-electron chi connectivity index (χ1n) is 6.78. The molecule has 0 aromatic rings.